The number of hydrogen-bond donors (Lipinski definition) is 3. The van der Waals surface area contributed by atoms with Crippen LogP contribution in [0, 0.1) is 5.92 Å². The van der Waals surface area contributed by atoms with Gasteiger partial charge >= 0.3 is 0 Å². The maximum atomic E-state index is 13.1. The van der Waals surface area contributed by atoms with Crippen LogP contribution in [0.25, 0.3) is 0 Å². The van der Waals surface area contributed by atoms with Gasteiger partial charge < -0.3 is 20.1 Å². The molecule has 1 aliphatic rings. The van der Waals surface area contributed by atoms with Crippen molar-refractivity contribution in [2.24, 2.45) is 5.92 Å². The Labute approximate surface area is 199 Å². The molecule has 3 N–H and O–H groups in total. The van der Waals surface area contributed by atoms with Crippen LogP contribution < -0.4 is 14.8 Å². The molecule has 0 radical (unpaired) electrons. The SMILES string of the molecule is CNC[C@H]1Oc2ccc(NS(=O)(=O)c3ccc(Cl)cc3)cc2CC(=O)N([C@@H](C)CO)C[C@H]1C. The van der Waals surface area contributed by atoms with Crippen molar-refractivity contribution in [1.82, 2.24) is 10.2 Å². The van der Waals surface area contributed by atoms with Crippen LogP contribution in [0.5, 0.6) is 5.75 Å². The number of carbonyl (C=O) groups excluding carboxylic acids is 1. The number of rotatable bonds is 7. The number of hydrogen-bond acceptors (Lipinski definition) is 6. The maximum absolute atomic E-state index is 13.1. The first kappa shape index (κ1) is 25.3. The molecule has 1 aliphatic heterocycles. The van der Waals surface area contributed by atoms with Crippen molar-refractivity contribution < 1.29 is 23.1 Å². The highest BCUT2D eigenvalue weighted by molar-refractivity contribution is 7.92. The number of aliphatic hydroxyl groups excluding tert-OH is 1. The molecular weight excluding hydrogens is 466 g/mol. The molecule has 0 saturated heterocycles. The molecule has 1 amide bonds. The van der Waals surface area contributed by atoms with E-state index in [1.165, 1.54) is 24.3 Å². The molecule has 0 aliphatic carbocycles. The number of halogens is 1. The Morgan fingerprint density at radius 1 is 1.24 bits per heavy atom. The Morgan fingerprint density at radius 2 is 1.94 bits per heavy atom. The number of sulfonamides is 1. The number of nitrogens with one attached hydrogen (secondary N) is 2. The lowest BCUT2D eigenvalue weighted by Crippen LogP contribution is -2.47. The van der Waals surface area contributed by atoms with E-state index in [9.17, 15) is 18.3 Å². The molecule has 8 nitrogen and oxygen atoms in total. The molecule has 0 unspecified atom stereocenters. The molecule has 2 aromatic carbocycles. The van der Waals surface area contributed by atoms with Gasteiger partial charge in [0.05, 0.1) is 24.0 Å². The van der Waals surface area contributed by atoms with Crippen molar-refractivity contribution in [2.45, 2.75) is 37.3 Å². The zero-order valence-electron chi connectivity index (χ0n) is 18.9. The van der Waals surface area contributed by atoms with Gasteiger partial charge in [0.15, 0.2) is 0 Å². The van der Waals surface area contributed by atoms with Crippen LogP contribution in [-0.4, -0.2) is 63.2 Å². The molecule has 33 heavy (non-hydrogen) atoms. The first-order valence-corrected chi connectivity index (χ1v) is 12.6. The molecule has 3 atom stereocenters. The summed E-state index contributed by atoms with van der Waals surface area (Å²) in [6.07, 6.45) is -0.195. The van der Waals surface area contributed by atoms with Crippen LogP contribution >= 0.6 is 11.6 Å². The molecule has 0 saturated carbocycles. The van der Waals surface area contributed by atoms with E-state index >= 15 is 0 Å². The number of aliphatic hydroxyl groups is 1. The minimum atomic E-state index is -3.84. The van der Waals surface area contributed by atoms with E-state index < -0.39 is 10.0 Å². The molecule has 10 heteroatoms. The van der Waals surface area contributed by atoms with Crippen molar-refractivity contribution in [2.75, 3.05) is 31.5 Å². The lowest BCUT2D eigenvalue weighted by atomic mass is 10.0. The highest BCUT2D eigenvalue weighted by Crippen LogP contribution is 2.30. The first-order valence-electron chi connectivity index (χ1n) is 10.8. The second-order valence-corrected chi connectivity index (χ2v) is 10.4. The number of amides is 1. The standard InChI is InChI=1S/C23H30ClN3O5S/c1-15-13-27(16(2)14-28)23(29)11-17-10-19(6-9-21(17)32-22(15)12-25-3)26-33(30,31)20-7-4-18(24)5-8-20/h4-10,15-16,22,25-26,28H,11-14H2,1-3H3/t15-,16+,22-/m1/s1. The van der Waals surface area contributed by atoms with Gasteiger partial charge in [-0.15, -0.1) is 0 Å². The topological polar surface area (TPSA) is 108 Å². The highest BCUT2D eigenvalue weighted by atomic mass is 35.5. The number of fused-ring (bicyclic) bond motifs is 1. The van der Waals surface area contributed by atoms with E-state index in [4.69, 9.17) is 16.3 Å². The number of carbonyl (C=O) groups is 1. The predicted molar refractivity (Wildman–Crippen MR) is 128 cm³/mol. The molecular formula is C23H30ClN3O5S. The zero-order chi connectivity index (χ0) is 24.2. The predicted octanol–water partition coefficient (Wildman–Crippen LogP) is 2.51. The summed E-state index contributed by atoms with van der Waals surface area (Å²) in [5.41, 5.74) is 0.890. The van der Waals surface area contributed by atoms with Gasteiger partial charge in [-0.1, -0.05) is 18.5 Å². The molecule has 2 aromatic rings. The normalized spacial score (nSPS) is 20.2. The highest BCUT2D eigenvalue weighted by Gasteiger charge is 2.30. The molecule has 3 rings (SSSR count). The Bertz CT molecular complexity index is 1080. The van der Waals surface area contributed by atoms with E-state index in [1.807, 2.05) is 14.0 Å². The number of nitrogens with zero attached hydrogens (tertiary/aromatic N) is 1. The quantitative estimate of drug-likeness (QED) is 0.544. The minimum absolute atomic E-state index is 0.00411. The van der Waals surface area contributed by atoms with Gasteiger partial charge in [0.25, 0.3) is 10.0 Å². The van der Waals surface area contributed by atoms with Gasteiger partial charge in [0.2, 0.25) is 5.91 Å². The van der Waals surface area contributed by atoms with Gasteiger partial charge in [-0.2, -0.15) is 0 Å². The average molecular weight is 496 g/mol. The van der Waals surface area contributed by atoms with Crippen LogP contribution in [-0.2, 0) is 21.2 Å². The van der Waals surface area contributed by atoms with Crippen molar-refractivity contribution >= 4 is 33.2 Å². The summed E-state index contributed by atoms with van der Waals surface area (Å²) in [5, 5.41) is 13.2. The Hall–Kier alpha value is -2.33. The molecule has 0 aromatic heterocycles. The van der Waals surface area contributed by atoms with Gasteiger partial charge in [0, 0.05) is 35.3 Å². The number of likely N-dealkylation sites (N-methyl/N-ethyl adjacent to an activating group) is 1. The van der Waals surface area contributed by atoms with E-state index in [1.54, 1.807) is 30.0 Å². The Morgan fingerprint density at radius 3 is 2.58 bits per heavy atom. The van der Waals surface area contributed by atoms with Crippen LogP contribution in [0.1, 0.15) is 19.4 Å². The first-order chi connectivity index (χ1) is 15.6. The maximum Gasteiger partial charge on any atom is 0.261 e. The Balaban J connectivity index is 1.95. The largest absolute Gasteiger partial charge is 0.488 e. The summed E-state index contributed by atoms with van der Waals surface area (Å²) in [6, 6.07) is 10.4. The van der Waals surface area contributed by atoms with E-state index in [0.717, 1.165) is 0 Å². The van der Waals surface area contributed by atoms with Crippen LogP contribution in [0.15, 0.2) is 47.4 Å². The number of benzene rings is 2. The second kappa shape index (κ2) is 10.7. The minimum Gasteiger partial charge on any atom is -0.488 e. The summed E-state index contributed by atoms with van der Waals surface area (Å²) in [7, 11) is -2.01. The van der Waals surface area contributed by atoms with Crippen LogP contribution in [0.4, 0.5) is 5.69 Å². The second-order valence-electron chi connectivity index (χ2n) is 8.33. The van der Waals surface area contributed by atoms with Gasteiger partial charge in [-0.3, -0.25) is 9.52 Å². The third-order valence-corrected chi connectivity index (χ3v) is 7.35. The molecule has 1 heterocycles. The summed E-state index contributed by atoms with van der Waals surface area (Å²) in [4.78, 5) is 14.9. The smallest absolute Gasteiger partial charge is 0.261 e. The van der Waals surface area contributed by atoms with Crippen molar-refractivity contribution in [3.8, 4) is 5.75 Å². The third kappa shape index (κ3) is 6.17. The molecule has 0 spiro atoms. The summed E-state index contributed by atoms with van der Waals surface area (Å²) in [5.74, 6) is 0.379. The van der Waals surface area contributed by atoms with Crippen molar-refractivity contribution in [3.05, 3.63) is 53.1 Å². The molecule has 0 fully saturated rings. The lowest BCUT2D eigenvalue weighted by Gasteiger charge is -2.32. The summed E-state index contributed by atoms with van der Waals surface area (Å²) >= 11 is 5.86. The fourth-order valence-electron chi connectivity index (χ4n) is 3.77. The van der Waals surface area contributed by atoms with Crippen LogP contribution in [0.2, 0.25) is 5.02 Å². The van der Waals surface area contributed by atoms with Crippen molar-refractivity contribution in [1.29, 1.82) is 0 Å². The summed E-state index contributed by atoms with van der Waals surface area (Å²) < 4.78 is 34.4. The lowest BCUT2D eigenvalue weighted by molar-refractivity contribution is -0.134. The monoisotopic (exact) mass is 495 g/mol. The number of ether oxygens (including phenoxy) is 1. The van der Waals surface area contributed by atoms with E-state index in [-0.39, 0.29) is 41.9 Å². The fourth-order valence-corrected chi connectivity index (χ4v) is 4.94. The van der Waals surface area contributed by atoms with E-state index in [0.29, 0.717) is 35.1 Å². The van der Waals surface area contributed by atoms with Gasteiger partial charge in [-0.25, -0.2) is 8.42 Å². The van der Waals surface area contributed by atoms with Crippen molar-refractivity contribution in [3.63, 3.8) is 0 Å². The van der Waals surface area contributed by atoms with Crippen LogP contribution in [0.3, 0.4) is 0 Å². The van der Waals surface area contributed by atoms with Gasteiger partial charge in [-0.05, 0) is 56.4 Å². The number of anilines is 1. The average Bonchev–Trinajstić information content (AvgIpc) is 2.81. The zero-order valence-corrected chi connectivity index (χ0v) is 20.5. The Kier molecular flexibility index (Phi) is 8.23. The molecule has 180 valence electrons. The summed E-state index contributed by atoms with van der Waals surface area (Å²) in [6.45, 7) is 4.67. The fraction of sp³-hybridized carbons (Fsp3) is 0.435. The van der Waals surface area contributed by atoms with Gasteiger partial charge in [0.1, 0.15) is 11.9 Å². The van der Waals surface area contributed by atoms with E-state index in [2.05, 4.69) is 10.0 Å². The third-order valence-electron chi connectivity index (χ3n) is 5.70. The molecule has 0 bridgehead atoms.